The summed E-state index contributed by atoms with van der Waals surface area (Å²) in [7, 11) is 1.34. The molecule has 5 aromatic rings. The van der Waals surface area contributed by atoms with Crippen molar-refractivity contribution >= 4 is 45.4 Å². The van der Waals surface area contributed by atoms with E-state index in [1.807, 2.05) is 24.3 Å². The highest BCUT2D eigenvalue weighted by molar-refractivity contribution is 9.10. The number of carboxylic acids is 1. The Morgan fingerprint density at radius 3 is 1.58 bits per heavy atom. The molecule has 55 heavy (non-hydrogen) atoms. The summed E-state index contributed by atoms with van der Waals surface area (Å²) >= 11 is 9.51. The number of methoxy groups -OCH3 is 1. The molecular formula is C40H32BrClF6N2O5. The lowest BCUT2D eigenvalue weighted by Gasteiger charge is -2.16. The third-order valence-corrected chi connectivity index (χ3v) is 9.03. The number of halogens is 8. The lowest BCUT2D eigenvalue weighted by molar-refractivity contribution is -0.142. The van der Waals surface area contributed by atoms with E-state index in [-0.39, 0.29) is 23.0 Å². The van der Waals surface area contributed by atoms with Crippen LogP contribution in [0.15, 0.2) is 120 Å². The number of nitrogens with one attached hydrogen (secondary N) is 1. The number of esters is 1. The predicted octanol–water partition coefficient (Wildman–Crippen LogP) is 9.63. The normalized spacial score (nSPS) is 12.5. The zero-order chi connectivity index (χ0) is 40.5. The smallest absolute Gasteiger partial charge is 0.416 e. The monoisotopic (exact) mass is 848 g/mol. The third-order valence-electron chi connectivity index (χ3n) is 8.17. The van der Waals surface area contributed by atoms with Crippen LogP contribution in [-0.4, -0.2) is 42.1 Å². The number of rotatable bonds is 10. The number of carboxylic acid groups (broad SMARTS) is 1. The molecule has 0 spiro atoms. The van der Waals surface area contributed by atoms with Crippen LogP contribution in [0.1, 0.15) is 32.6 Å². The van der Waals surface area contributed by atoms with Crippen LogP contribution in [0.25, 0.3) is 22.3 Å². The number of hydrogen-bond donors (Lipinski definition) is 3. The quantitative estimate of drug-likeness (QED) is 0.0952. The van der Waals surface area contributed by atoms with Crippen molar-refractivity contribution in [2.45, 2.75) is 37.3 Å². The minimum absolute atomic E-state index is 0.0168. The summed E-state index contributed by atoms with van der Waals surface area (Å²) < 4.78 is 82.6. The van der Waals surface area contributed by atoms with Crippen LogP contribution in [0.5, 0.6) is 0 Å². The Kier molecular flexibility index (Phi) is 14.3. The van der Waals surface area contributed by atoms with Crippen molar-refractivity contribution in [3.8, 4) is 22.3 Å². The van der Waals surface area contributed by atoms with Crippen LogP contribution in [0.4, 0.5) is 26.3 Å². The molecule has 0 saturated carbocycles. The molecule has 2 atom stereocenters. The van der Waals surface area contributed by atoms with Crippen LogP contribution in [0, 0.1) is 0 Å². The predicted molar refractivity (Wildman–Crippen MR) is 199 cm³/mol. The van der Waals surface area contributed by atoms with Crippen LogP contribution in [0.3, 0.4) is 0 Å². The zero-order valence-electron chi connectivity index (χ0n) is 28.7. The van der Waals surface area contributed by atoms with Gasteiger partial charge in [0.25, 0.3) is 5.91 Å². The van der Waals surface area contributed by atoms with Gasteiger partial charge in [0.15, 0.2) is 0 Å². The maximum absolute atomic E-state index is 13.0. The second-order valence-electron chi connectivity index (χ2n) is 12.1. The second kappa shape index (κ2) is 18.4. The van der Waals surface area contributed by atoms with Crippen LogP contribution in [0.2, 0.25) is 5.02 Å². The van der Waals surface area contributed by atoms with E-state index in [0.29, 0.717) is 34.2 Å². The van der Waals surface area contributed by atoms with Gasteiger partial charge in [-0.25, -0.2) is 4.79 Å². The van der Waals surface area contributed by atoms with Crippen molar-refractivity contribution in [3.63, 3.8) is 0 Å². The first-order valence-electron chi connectivity index (χ1n) is 16.2. The molecule has 0 saturated heterocycles. The van der Waals surface area contributed by atoms with Gasteiger partial charge in [-0.3, -0.25) is 9.59 Å². The molecule has 0 radical (unpaired) electrons. The lowest BCUT2D eigenvalue weighted by Crippen LogP contribution is -2.42. The van der Waals surface area contributed by atoms with E-state index in [0.717, 1.165) is 34.3 Å². The van der Waals surface area contributed by atoms with Crippen molar-refractivity contribution in [1.82, 2.24) is 5.32 Å². The first kappa shape index (κ1) is 42.6. The zero-order valence-corrected chi connectivity index (χ0v) is 31.1. The molecule has 5 rings (SSSR count). The summed E-state index contributed by atoms with van der Waals surface area (Å²) in [5, 5.41) is 12.2. The maximum Gasteiger partial charge on any atom is 0.416 e. The van der Waals surface area contributed by atoms with Crippen LogP contribution in [-0.2, 0) is 39.5 Å². The number of nitrogens with two attached hydrogens (primary N) is 1. The summed E-state index contributed by atoms with van der Waals surface area (Å²) in [4.78, 5) is 35.9. The average molecular weight is 850 g/mol. The molecule has 15 heteroatoms. The summed E-state index contributed by atoms with van der Waals surface area (Å²) in [6.45, 7) is 0. The maximum atomic E-state index is 13.0. The van der Waals surface area contributed by atoms with Crippen molar-refractivity contribution < 1.29 is 50.6 Å². The fraction of sp³-hybridized carbons (Fsp3) is 0.175. The first-order valence-corrected chi connectivity index (χ1v) is 17.4. The van der Waals surface area contributed by atoms with Crippen molar-refractivity contribution in [2.75, 3.05) is 7.11 Å². The van der Waals surface area contributed by atoms with Crippen molar-refractivity contribution in [1.29, 1.82) is 0 Å². The van der Waals surface area contributed by atoms with Gasteiger partial charge in [0.2, 0.25) is 0 Å². The molecule has 0 fully saturated rings. The second-order valence-corrected chi connectivity index (χ2v) is 13.4. The van der Waals surface area contributed by atoms with Gasteiger partial charge >= 0.3 is 24.3 Å². The van der Waals surface area contributed by atoms with Gasteiger partial charge in [-0.1, -0.05) is 94.3 Å². The van der Waals surface area contributed by atoms with Gasteiger partial charge in [-0.2, -0.15) is 26.3 Å². The van der Waals surface area contributed by atoms with Crippen molar-refractivity contribution in [3.05, 3.63) is 153 Å². The molecule has 0 bridgehead atoms. The highest BCUT2D eigenvalue weighted by Crippen LogP contribution is 2.33. The Morgan fingerprint density at radius 1 is 0.709 bits per heavy atom. The van der Waals surface area contributed by atoms with E-state index in [4.69, 9.17) is 17.3 Å². The summed E-state index contributed by atoms with van der Waals surface area (Å²) in [6, 6.07) is 25.4. The SMILES string of the molecule is COC(=O)[C@@H](N)Cc1ccc(Br)cc1.O=C(N[C@@H](Cc1ccc(-c2ccc(C(F)(F)F)cc2)cc1)C(=O)O)c1cc(-c2ccc(C(F)(F)F)cc2)ccc1Cl. The van der Waals surface area contributed by atoms with E-state index in [2.05, 4.69) is 26.0 Å². The topological polar surface area (TPSA) is 119 Å². The fourth-order valence-corrected chi connectivity index (χ4v) is 5.66. The Morgan fingerprint density at radius 2 is 1.13 bits per heavy atom. The number of hydrogen-bond acceptors (Lipinski definition) is 5. The Balaban J connectivity index is 0.000000404. The number of carbonyl (C=O) groups is 3. The molecule has 0 aromatic heterocycles. The van der Waals surface area contributed by atoms with E-state index in [9.17, 15) is 45.8 Å². The number of aliphatic carboxylic acids is 1. The summed E-state index contributed by atoms with van der Waals surface area (Å²) in [5.41, 5.74) is 7.45. The van der Waals surface area contributed by atoms with Crippen LogP contribution >= 0.6 is 27.5 Å². The van der Waals surface area contributed by atoms with Crippen LogP contribution < -0.4 is 11.1 Å². The molecule has 0 aliphatic carbocycles. The molecule has 0 aliphatic heterocycles. The minimum atomic E-state index is -4.50. The minimum Gasteiger partial charge on any atom is -0.480 e. The summed E-state index contributed by atoms with van der Waals surface area (Å²) in [6.07, 6.45) is -8.56. The Hall–Kier alpha value is -5.18. The summed E-state index contributed by atoms with van der Waals surface area (Å²) in [5.74, 6) is -2.49. The molecule has 0 aliphatic rings. The molecule has 5 aromatic carbocycles. The van der Waals surface area contributed by atoms with Crippen molar-refractivity contribution in [2.24, 2.45) is 5.73 Å². The van der Waals surface area contributed by atoms with Gasteiger partial charge in [-0.05, 0) is 88.3 Å². The molecule has 288 valence electrons. The van der Waals surface area contributed by atoms with E-state index in [1.54, 1.807) is 24.3 Å². The van der Waals surface area contributed by atoms with E-state index in [1.165, 1.54) is 49.6 Å². The van der Waals surface area contributed by atoms with E-state index < -0.39 is 47.4 Å². The Bertz CT molecular complexity index is 2090. The molecule has 0 unspecified atom stereocenters. The number of ether oxygens (including phenoxy) is 1. The molecule has 1 amide bonds. The lowest BCUT2D eigenvalue weighted by atomic mass is 9.99. The standard InChI is InChI=1S/C30H20ClF6NO3.C10H12BrNO2/c31-25-14-9-21(20-7-12-23(13-8-20)30(35,36)37)16-24(25)27(39)38-26(28(40)41)15-17-1-3-18(4-2-17)19-5-10-22(11-6-19)29(32,33)34;1-14-10(13)9(12)6-7-2-4-8(11)5-3-7/h1-14,16,26H,15H2,(H,38,39)(H,40,41);2-5,9H,6,12H2,1H3/t26-;9-/m00/s1. The van der Waals surface area contributed by atoms with Gasteiger partial charge < -0.3 is 20.9 Å². The molecule has 4 N–H and O–H groups in total. The van der Waals surface area contributed by atoms with Gasteiger partial charge in [-0.15, -0.1) is 0 Å². The number of amides is 1. The van der Waals surface area contributed by atoms with Gasteiger partial charge in [0, 0.05) is 10.9 Å². The molecular weight excluding hydrogens is 818 g/mol. The largest absolute Gasteiger partial charge is 0.480 e. The highest BCUT2D eigenvalue weighted by atomic mass is 79.9. The molecule has 0 heterocycles. The molecule has 7 nitrogen and oxygen atoms in total. The number of alkyl halides is 6. The first-order chi connectivity index (χ1) is 25.8. The van der Waals surface area contributed by atoms with E-state index >= 15 is 0 Å². The number of carbonyl (C=O) groups excluding carboxylic acids is 2. The van der Waals surface area contributed by atoms with Gasteiger partial charge in [0.05, 0.1) is 28.8 Å². The third kappa shape index (κ3) is 12.2. The number of benzene rings is 5. The Labute approximate surface area is 325 Å². The highest BCUT2D eigenvalue weighted by Gasteiger charge is 2.31. The average Bonchev–Trinajstić information content (AvgIpc) is 3.15. The fourth-order valence-electron chi connectivity index (χ4n) is 5.20. The van der Waals surface area contributed by atoms with Gasteiger partial charge in [0.1, 0.15) is 12.1 Å².